The van der Waals surface area contributed by atoms with Gasteiger partial charge in [0, 0.05) is 12.3 Å². The summed E-state index contributed by atoms with van der Waals surface area (Å²) in [6.07, 6.45) is 1.30. The molecule has 13 heavy (non-hydrogen) atoms. The molecule has 1 aromatic rings. The fraction of sp³-hybridized carbons (Fsp3) is 0.250. The van der Waals surface area contributed by atoms with Crippen molar-refractivity contribution >= 4 is 17.6 Å². The maximum absolute atomic E-state index is 10.8. The molecule has 0 aliphatic carbocycles. The highest BCUT2D eigenvalue weighted by molar-refractivity contribution is 6.30. The Morgan fingerprint density at radius 1 is 1.77 bits per heavy atom. The maximum atomic E-state index is 10.8. The van der Waals surface area contributed by atoms with Crippen molar-refractivity contribution in [2.75, 3.05) is 7.11 Å². The second-order valence-electron chi connectivity index (χ2n) is 2.37. The summed E-state index contributed by atoms with van der Waals surface area (Å²) in [4.78, 5) is 14.6. The van der Waals surface area contributed by atoms with E-state index in [1.54, 1.807) is 0 Å². The first-order chi connectivity index (χ1) is 6.13. The molecule has 1 aromatic heterocycles. The molecule has 0 aliphatic heterocycles. The van der Waals surface area contributed by atoms with Crippen LogP contribution in [0.1, 0.15) is 5.69 Å². The van der Waals surface area contributed by atoms with E-state index in [0.29, 0.717) is 5.02 Å². The standard InChI is InChI=1S/C8H8ClNO3/c1-13-8(12)3-6-7(11)2-5(9)4-10-6/h2,4,11H,3H2,1H3. The van der Waals surface area contributed by atoms with Crippen molar-refractivity contribution in [3.8, 4) is 5.75 Å². The molecule has 0 unspecified atom stereocenters. The fourth-order valence-electron chi connectivity index (χ4n) is 0.802. The van der Waals surface area contributed by atoms with Crippen molar-refractivity contribution < 1.29 is 14.6 Å². The molecule has 1 rings (SSSR count). The molecular weight excluding hydrogens is 194 g/mol. The predicted octanol–water partition coefficient (Wildman–Crippen LogP) is 1.16. The average Bonchev–Trinajstić information content (AvgIpc) is 2.09. The largest absolute Gasteiger partial charge is 0.506 e. The Morgan fingerprint density at radius 2 is 2.46 bits per heavy atom. The lowest BCUT2D eigenvalue weighted by Gasteiger charge is -2.01. The zero-order valence-electron chi connectivity index (χ0n) is 6.95. The molecule has 5 heteroatoms. The summed E-state index contributed by atoms with van der Waals surface area (Å²) in [5.41, 5.74) is 0.260. The summed E-state index contributed by atoms with van der Waals surface area (Å²) in [5.74, 6) is -0.553. The fourth-order valence-corrected chi connectivity index (χ4v) is 0.954. The number of rotatable bonds is 2. The number of aromatic nitrogens is 1. The Hall–Kier alpha value is -1.29. The van der Waals surface area contributed by atoms with Crippen LogP contribution in [0.3, 0.4) is 0 Å². The van der Waals surface area contributed by atoms with Crippen molar-refractivity contribution in [3.63, 3.8) is 0 Å². The number of carbonyl (C=O) groups is 1. The highest BCUT2D eigenvalue weighted by Gasteiger charge is 2.09. The molecule has 0 radical (unpaired) electrons. The van der Waals surface area contributed by atoms with Crippen LogP contribution in [0.15, 0.2) is 12.3 Å². The van der Waals surface area contributed by atoms with E-state index in [1.165, 1.54) is 19.4 Å². The smallest absolute Gasteiger partial charge is 0.311 e. The van der Waals surface area contributed by atoms with Crippen molar-refractivity contribution in [2.24, 2.45) is 0 Å². The summed E-state index contributed by atoms with van der Waals surface area (Å²) >= 11 is 5.55. The molecule has 1 heterocycles. The van der Waals surface area contributed by atoms with Gasteiger partial charge in [-0.15, -0.1) is 0 Å². The maximum Gasteiger partial charge on any atom is 0.311 e. The molecular formula is C8H8ClNO3. The van der Waals surface area contributed by atoms with Gasteiger partial charge >= 0.3 is 5.97 Å². The Morgan fingerprint density at radius 3 is 3.00 bits per heavy atom. The summed E-state index contributed by atoms with van der Waals surface area (Å²) in [6.45, 7) is 0. The van der Waals surface area contributed by atoms with E-state index >= 15 is 0 Å². The molecule has 0 atom stereocenters. The highest BCUT2D eigenvalue weighted by atomic mass is 35.5. The average molecular weight is 202 g/mol. The summed E-state index contributed by atoms with van der Waals surface area (Å²) in [6, 6.07) is 1.33. The van der Waals surface area contributed by atoms with Crippen LogP contribution in [-0.4, -0.2) is 23.2 Å². The molecule has 0 aliphatic rings. The number of methoxy groups -OCH3 is 1. The molecule has 0 saturated heterocycles. The minimum Gasteiger partial charge on any atom is -0.506 e. The van der Waals surface area contributed by atoms with Gasteiger partial charge in [0.15, 0.2) is 0 Å². The SMILES string of the molecule is COC(=O)Cc1ncc(Cl)cc1O. The topological polar surface area (TPSA) is 59.4 Å². The Bertz CT molecular complexity index is 327. The van der Waals surface area contributed by atoms with Gasteiger partial charge in [-0.1, -0.05) is 11.6 Å². The van der Waals surface area contributed by atoms with E-state index < -0.39 is 5.97 Å². The predicted molar refractivity (Wildman–Crippen MR) is 46.6 cm³/mol. The van der Waals surface area contributed by atoms with Gasteiger partial charge in [-0.05, 0) is 0 Å². The first-order valence-electron chi connectivity index (χ1n) is 3.53. The molecule has 0 fully saturated rings. The Kier molecular flexibility index (Phi) is 3.08. The lowest BCUT2D eigenvalue weighted by atomic mass is 10.2. The number of halogens is 1. The molecule has 0 spiro atoms. The van der Waals surface area contributed by atoms with Crippen LogP contribution < -0.4 is 0 Å². The number of carbonyl (C=O) groups excluding carboxylic acids is 1. The van der Waals surface area contributed by atoms with Crippen LogP contribution in [-0.2, 0) is 16.0 Å². The number of hydrogen-bond donors (Lipinski definition) is 1. The zero-order chi connectivity index (χ0) is 9.84. The third-order valence-electron chi connectivity index (χ3n) is 1.45. The molecule has 4 nitrogen and oxygen atoms in total. The second-order valence-corrected chi connectivity index (χ2v) is 2.81. The number of hydrogen-bond acceptors (Lipinski definition) is 4. The van der Waals surface area contributed by atoms with E-state index in [2.05, 4.69) is 9.72 Å². The normalized spacial score (nSPS) is 9.69. The van der Waals surface area contributed by atoms with E-state index in [9.17, 15) is 9.90 Å². The van der Waals surface area contributed by atoms with Gasteiger partial charge in [0.1, 0.15) is 5.75 Å². The third kappa shape index (κ3) is 2.59. The summed E-state index contributed by atoms with van der Waals surface area (Å²) in [5, 5.41) is 9.61. The molecule has 0 bridgehead atoms. The van der Waals surface area contributed by atoms with Gasteiger partial charge in [0.25, 0.3) is 0 Å². The molecule has 70 valence electrons. The van der Waals surface area contributed by atoms with Gasteiger partial charge in [0.2, 0.25) is 0 Å². The summed E-state index contributed by atoms with van der Waals surface area (Å²) < 4.78 is 4.42. The van der Waals surface area contributed by atoms with Crippen molar-refractivity contribution in [3.05, 3.63) is 23.0 Å². The number of pyridine rings is 1. The van der Waals surface area contributed by atoms with Crippen LogP contribution in [0.4, 0.5) is 0 Å². The number of nitrogens with zero attached hydrogens (tertiary/aromatic N) is 1. The van der Waals surface area contributed by atoms with Crippen LogP contribution in [0, 0.1) is 0 Å². The first kappa shape index (κ1) is 9.80. The first-order valence-corrected chi connectivity index (χ1v) is 3.91. The van der Waals surface area contributed by atoms with Crippen LogP contribution in [0.2, 0.25) is 5.02 Å². The van der Waals surface area contributed by atoms with Gasteiger partial charge in [-0.25, -0.2) is 0 Å². The molecule has 0 aromatic carbocycles. The second kappa shape index (κ2) is 4.09. The summed E-state index contributed by atoms with van der Waals surface area (Å²) in [7, 11) is 1.27. The van der Waals surface area contributed by atoms with Gasteiger partial charge in [-0.2, -0.15) is 0 Å². The number of ether oxygens (including phenoxy) is 1. The van der Waals surface area contributed by atoms with Crippen LogP contribution in [0.5, 0.6) is 5.75 Å². The minimum absolute atomic E-state index is 0.0560. The van der Waals surface area contributed by atoms with Gasteiger partial charge < -0.3 is 9.84 Å². The van der Waals surface area contributed by atoms with Gasteiger partial charge in [0.05, 0.1) is 24.2 Å². The monoisotopic (exact) mass is 201 g/mol. The highest BCUT2D eigenvalue weighted by Crippen LogP contribution is 2.19. The van der Waals surface area contributed by atoms with E-state index in [0.717, 1.165) is 0 Å². The lowest BCUT2D eigenvalue weighted by molar-refractivity contribution is -0.139. The van der Waals surface area contributed by atoms with E-state index in [1.807, 2.05) is 0 Å². The van der Waals surface area contributed by atoms with Crippen LogP contribution in [0.25, 0.3) is 0 Å². The Balaban J connectivity index is 2.83. The van der Waals surface area contributed by atoms with Crippen molar-refractivity contribution in [1.82, 2.24) is 4.98 Å². The van der Waals surface area contributed by atoms with Crippen molar-refractivity contribution in [1.29, 1.82) is 0 Å². The number of aromatic hydroxyl groups is 1. The lowest BCUT2D eigenvalue weighted by Crippen LogP contribution is -2.06. The van der Waals surface area contributed by atoms with E-state index in [-0.39, 0.29) is 17.9 Å². The molecule has 1 N–H and O–H groups in total. The van der Waals surface area contributed by atoms with Crippen molar-refractivity contribution in [2.45, 2.75) is 6.42 Å². The quantitative estimate of drug-likeness (QED) is 0.730. The number of esters is 1. The zero-order valence-corrected chi connectivity index (χ0v) is 7.71. The molecule has 0 amide bonds. The Labute approximate surface area is 80.1 Å². The third-order valence-corrected chi connectivity index (χ3v) is 1.66. The minimum atomic E-state index is -0.454. The van der Waals surface area contributed by atoms with Crippen LogP contribution >= 0.6 is 11.6 Å². The van der Waals surface area contributed by atoms with E-state index in [4.69, 9.17) is 11.6 Å². The van der Waals surface area contributed by atoms with Gasteiger partial charge in [-0.3, -0.25) is 9.78 Å². The molecule has 0 saturated carbocycles.